The van der Waals surface area contributed by atoms with Crippen molar-refractivity contribution >= 4 is 55.5 Å². The molecule has 0 unspecified atom stereocenters. The van der Waals surface area contributed by atoms with Crippen molar-refractivity contribution in [2.75, 3.05) is 24.8 Å². The van der Waals surface area contributed by atoms with E-state index in [1.807, 2.05) is 29.6 Å². The van der Waals surface area contributed by atoms with Crippen molar-refractivity contribution in [2.45, 2.75) is 45.4 Å². The van der Waals surface area contributed by atoms with E-state index in [1.165, 1.54) is 41.1 Å². The fourth-order valence-electron chi connectivity index (χ4n) is 4.68. The maximum Gasteiger partial charge on any atom is 0.341 e. The molecule has 1 aliphatic carbocycles. The van der Waals surface area contributed by atoms with Crippen LogP contribution in [0.4, 0.5) is 10.7 Å². The largest absolute Gasteiger partial charge is 0.497 e. The Morgan fingerprint density at radius 3 is 2.59 bits per heavy atom. The zero-order valence-corrected chi connectivity index (χ0v) is 22.5. The van der Waals surface area contributed by atoms with E-state index in [-0.39, 0.29) is 12.5 Å². The molecule has 0 saturated carbocycles. The Hall–Kier alpha value is -3.43. The number of methoxy groups -OCH3 is 1. The first kappa shape index (κ1) is 25.2. The molecule has 1 amide bonds. The zero-order valence-electron chi connectivity index (χ0n) is 20.9. The maximum atomic E-state index is 13.4. The summed E-state index contributed by atoms with van der Waals surface area (Å²) in [4.78, 5) is 32.4. The van der Waals surface area contributed by atoms with Gasteiger partial charge in [0.2, 0.25) is 0 Å². The van der Waals surface area contributed by atoms with Crippen LogP contribution in [-0.2, 0) is 17.6 Å². The number of esters is 1. The van der Waals surface area contributed by atoms with Gasteiger partial charge in [-0.2, -0.15) is 0 Å². The number of nitrogens with one attached hydrogen (secondary N) is 1. The summed E-state index contributed by atoms with van der Waals surface area (Å²) in [5.74, 6) is -0.135. The number of nitrogens with zero attached hydrogens (tertiary/aromatic N) is 1. The minimum atomic E-state index is -0.490. The molecular weight excluding hydrogens is 506 g/mol. The smallest absolute Gasteiger partial charge is 0.341 e. The number of aromatic nitrogens is 1. The number of carbonyl (C=O) groups excluding carboxylic acids is 2. The number of rotatable bonds is 6. The van der Waals surface area contributed by atoms with Crippen LogP contribution in [0.1, 0.15) is 63.9 Å². The molecule has 1 aromatic carbocycles. The van der Waals surface area contributed by atoms with Crippen LogP contribution in [0.2, 0.25) is 0 Å². The van der Waals surface area contributed by atoms with E-state index in [1.54, 1.807) is 14.0 Å². The normalized spacial score (nSPS) is 13.5. The number of pyridine rings is 1. The third-order valence-corrected chi connectivity index (χ3v) is 8.61. The Morgan fingerprint density at radius 1 is 1.11 bits per heavy atom. The molecule has 7 nitrogen and oxygen atoms in total. The van der Waals surface area contributed by atoms with Crippen molar-refractivity contribution in [1.82, 2.24) is 4.98 Å². The van der Waals surface area contributed by atoms with Crippen LogP contribution in [0.3, 0.4) is 0 Å². The van der Waals surface area contributed by atoms with E-state index in [9.17, 15) is 9.59 Å². The van der Waals surface area contributed by atoms with Gasteiger partial charge in [-0.25, -0.2) is 9.78 Å². The molecule has 192 valence electrons. The van der Waals surface area contributed by atoms with Gasteiger partial charge in [-0.15, -0.1) is 22.7 Å². The van der Waals surface area contributed by atoms with E-state index in [4.69, 9.17) is 20.2 Å². The number of hydrogen-bond donors (Lipinski definition) is 2. The third kappa shape index (κ3) is 5.06. The van der Waals surface area contributed by atoms with Crippen molar-refractivity contribution in [1.29, 1.82) is 0 Å². The number of carbonyl (C=O) groups is 2. The summed E-state index contributed by atoms with van der Waals surface area (Å²) in [5.41, 5.74) is 11.1. The minimum absolute atomic E-state index is 0.226. The average molecular weight is 536 g/mol. The molecule has 0 aliphatic heterocycles. The molecule has 0 spiro atoms. The van der Waals surface area contributed by atoms with E-state index in [0.717, 1.165) is 47.2 Å². The van der Waals surface area contributed by atoms with Crippen LogP contribution in [0.5, 0.6) is 5.75 Å². The van der Waals surface area contributed by atoms with Gasteiger partial charge in [0.1, 0.15) is 26.0 Å². The van der Waals surface area contributed by atoms with Crippen molar-refractivity contribution in [3.63, 3.8) is 0 Å². The van der Waals surface area contributed by atoms with Crippen LogP contribution in [-0.4, -0.2) is 30.6 Å². The highest BCUT2D eigenvalue weighted by Crippen LogP contribution is 2.39. The van der Waals surface area contributed by atoms with Crippen LogP contribution < -0.4 is 15.8 Å². The van der Waals surface area contributed by atoms with Crippen LogP contribution in [0.15, 0.2) is 35.7 Å². The number of anilines is 2. The number of nitrogen functional groups attached to an aromatic ring is 1. The Balaban J connectivity index is 1.49. The minimum Gasteiger partial charge on any atom is -0.497 e. The predicted octanol–water partition coefficient (Wildman–Crippen LogP) is 6.70. The molecule has 0 bridgehead atoms. The van der Waals surface area contributed by atoms with Crippen molar-refractivity contribution in [3.8, 4) is 16.9 Å². The van der Waals surface area contributed by atoms with Crippen LogP contribution >= 0.6 is 22.7 Å². The van der Waals surface area contributed by atoms with Crippen LogP contribution in [0, 0.1) is 0 Å². The van der Waals surface area contributed by atoms with Gasteiger partial charge in [0.05, 0.1) is 19.4 Å². The molecule has 0 fully saturated rings. The standard InChI is InChI=1S/C28H29N3O4S2/c1-3-35-28(33)22-20(16-10-12-18(34-2)13-11-16)15-36-27(22)31-25(32)24-23(29)19-14-17-8-6-4-5-7-9-21(17)30-26(19)37-24/h10-15H,3-9,29H2,1-2H3,(H,31,32). The summed E-state index contributed by atoms with van der Waals surface area (Å²) in [6.07, 6.45) is 6.67. The fourth-order valence-corrected chi connectivity index (χ4v) is 6.62. The molecule has 1 aliphatic rings. The molecule has 0 saturated heterocycles. The summed E-state index contributed by atoms with van der Waals surface area (Å²) >= 11 is 2.57. The summed E-state index contributed by atoms with van der Waals surface area (Å²) in [6, 6.07) is 9.51. The Kier molecular flexibility index (Phi) is 7.43. The number of benzene rings is 1. The molecule has 0 atom stereocenters. The molecule has 37 heavy (non-hydrogen) atoms. The van der Waals surface area contributed by atoms with Crippen LogP contribution in [0.25, 0.3) is 21.3 Å². The van der Waals surface area contributed by atoms with Crippen molar-refractivity contribution in [3.05, 3.63) is 57.4 Å². The molecule has 4 aromatic rings. The molecule has 3 aromatic heterocycles. The monoisotopic (exact) mass is 535 g/mol. The maximum absolute atomic E-state index is 13.4. The van der Waals surface area contributed by atoms with E-state index in [2.05, 4.69) is 11.4 Å². The number of aryl methyl sites for hydroxylation is 2. The van der Waals surface area contributed by atoms with Gasteiger partial charge >= 0.3 is 5.97 Å². The highest BCUT2D eigenvalue weighted by molar-refractivity contribution is 7.21. The molecule has 5 rings (SSSR count). The van der Waals surface area contributed by atoms with Gasteiger partial charge in [-0.05, 0) is 61.9 Å². The fraction of sp³-hybridized carbons (Fsp3) is 0.321. The zero-order chi connectivity index (χ0) is 25.9. The second-order valence-electron chi connectivity index (χ2n) is 8.96. The Morgan fingerprint density at radius 2 is 1.86 bits per heavy atom. The number of amides is 1. The summed E-state index contributed by atoms with van der Waals surface area (Å²) < 4.78 is 10.6. The van der Waals surface area contributed by atoms with E-state index >= 15 is 0 Å². The number of nitrogens with two attached hydrogens (primary N) is 1. The lowest BCUT2D eigenvalue weighted by Gasteiger charge is -2.12. The summed E-state index contributed by atoms with van der Waals surface area (Å²) in [7, 11) is 1.60. The lowest BCUT2D eigenvalue weighted by Crippen LogP contribution is -2.14. The first-order valence-electron chi connectivity index (χ1n) is 12.4. The molecule has 3 N–H and O–H groups in total. The van der Waals surface area contributed by atoms with Gasteiger partial charge < -0.3 is 20.5 Å². The predicted molar refractivity (Wildman–Crippen MR) is 150 cm³/mol. The molecular formula is C28H29N3O4S2. The SMILES string of the molecule is CCOC(=O)c1c(-c2ccc(OC)cc2)csc1NC(=O)c1sc2nc3c(cc2c1N)CCCCCC3. The van der Waals surface area contributed by atoms with Gasteiger partial charge in [-0.3, -0.25) is 4.79 Å². The molecule has 3 heterocycles. The van der Waals surface area contributed by atoms with Gasteiger partial charge in [0.25, 0.3) is 5.91 Å². The van der Waals surface area contributed by atoms with E-state index in [0.29, 0.717) is 32.4 Å². The number of thiophene rings is 2. The lowest BCUT2D eigenvalue weighted by atomic mass is 9.96. The van der Waals surface area contributed by atoms with Gasteiger partial charge in [0.15, 0.2) is 0 Å². The van der Waals surface area contributed by atoms with Gasteiger partial charge in [-0.1, -0.05) is 25.0 Å². The Labute approximate surface area is 223 Å². The summed E-state index contributed by atoms with van der Waals surface area (Å²) in [6.45, 7) is 1.98. The molecule has 0 radical (unpaired) electrons. The highest BCUT2D eigenvalue weighted by Gasteiger charge is 2.25. The number of fused-ring (bicyclic) bond motifs is 2. The first-order valence-corrected chi connectivity index (χ1v) is 14.1. The molecule has 9 heteroatoms. The van der Waals surface area contributed by atoms with E-state index < -0.39 is 5.97 Å². The van der Waals surface area contributed by atoms with Crippen molar-refractivity contribution < 1.29 is 19.1 Å². The second-order valence-corrected chi connectivity index (χ2v) is 10.8. The first-order chi connectivity index (χ1) is 18.0. The topological polar surface area (TPSA) is 104 Å². The number of ether oxygens (including phenoxy) is 2. The Bertz CT molecular complexity index is 1460. The number of hydrogen-bond acceptors (Lipinski definition) is 8. The second kappa shape index (κ2) is 10.9. The third-order valence-electron chi connectivity index (χ3n) is 6.60. The summed E-state index contributed by atoms with van der Waals surface area (Å²) in [5, 5.41) is 6.02. The highest BCUT2D eigenvalue weighted by atomic mass is 32.1. The van der Waals surface area contributed by atoms with Crippen molar-refractivity contribution in [2.24, 2.45) is 0 Å². The van der Waals surface area contributed by atoms with Gasteiger partial charge in [0, 0.05) is 22.0 Å². The lowest BCUT2D eigenvalue weighted by molar-refractivity contribution is 0.0529. The quantitative estimate of drug-likeness (QED) is 0.266. The average Bonchev–Trinajstić information content (AvgIpc) is 3.45.